The van der Waals surface area contributed by atoms with E-state index in [9.17, 15) is 0 Å². The van der Waals surface area contributed by atoms with Crippen molar-refractivity contribution in [3.63, 3.8) is 0 Å². The molecule has 4 rings (SSSR count). The fourth-order valence-electron chi connectivity index (χ4n) is 7.73. The van der Waals surface area contributed by atoms with Gasteiger partial charge in [-0.25, -0.2) is 0 Å². The molecular weight excluding hydrogens is 538 g/mol. The number of piperidine rings is 2. The second-order valence-corrected chi connectivity index (χ2v) is 16.8. The lowest BCUT2D eigenvalue weighted by Gasteiger charge is -2.44. The van der Waals surface area contributed by atoms with Gasteiger partial charge in [0.2, 0.25) is 0 Å². The number of quaternary nitrogens is 4. The van der Waals surface area contributed by atoms with Crippen LogP contribution in [0.4, 0.5) is 0 Å². The largest absolute Gasteiger partial charge is 0.326 e. The van der Waals surface area contributed by atoms with Gasteiger partial charge in [0.05, 0.1) is 105 Å². The van der Waals surface area contributed by atoms with E-state index in [0.717, 1.165) is 37.3 Å². The first-order valence-electron chi connectivity index (χ1n) is 18.9. The van der Waals surface area contributed by atoms with Gasteiger partial charge in [-0.1, -0.05) is 13.2 Å². The van der Waals surface area contributed by atoms with Gasteiger partial charge in [-0.2, -0.15) is 0 Å². The molecule has 4 aliphatic heterocycles. The number of likely N-dealkylation sites (tertiary alicyclic amines) is 3. The third kappa shape index (κ3) is 13.6. The zero-order valence-electron chi connectivity index (χ0n) is 32.3. The molecule has 0 saturated carbocycles. The van der Waals surface area contributed by atoms with Crippen molar-refractivity contribution in [3.8, 4) is 0 Å². The summed E-state index contributed by atoms with van der Waals surface area (Å²) in [5, 5.41) is 0. The van der Waals surface area contributed by atoms with Crippen LogP contribution in [0.1, 0.15) is 107 Å². The van der Waals surface area contributed by atoms with Crippen LogP contribution in [0.2, 0.25) is 0 Å². The Morgan fingerprint density at radius 2 is 0.841 bits per heavy atom. The van der Waals surface area contributed by atoms with Crippen LogP contribution in [-0.2, 0) is 0 Å². The van der Waals surface area contributed by atoms with Crippen LogP contribution in [-0.4, -0.2) is 147 Å². The number of piperazine rings is 1. The molecule has 5 nitrogen and oxygen atoms in total. The molecule has 0 atom stereocenters. The first kappa shape index (κ1) is 41.3. The summed E-state index contributed by atoms with van der Waals surface area (Å²) >= 11 is 0. The normalized spacial score (nSPS) is 24.0. The van der Waals surface area contributed by atoms with Gasteiger partial charge in [0, 0.05) is 32.0 Å². The van der Waals surface area contributed by atoms with E-state index in [-0.39, 0.29) is 0 Å². The Labute approximate surface area is 278 Å². The SMILES string of the molecule is C=CC[N+]1(C(C)C)CCCC1.C=CC[N+]1(C(C)C)CCCCC1.CC(C)N1CC[N+](C)(C)CC1.CC(C)[N+]1(C)CCCCC1. The summed E-state index contributed by atoms with van der Waals surface area (Å²) in [5.74, 6) is 0. The molecule has 0 amide bonds. The van der Waals surface area contributed by atoms with Crippen molar-refractivity contribution in [1.82, 2.24) is 4.90 Å². The van der Waals surface area contributed by atoms with E-state index in [1.807, 2.05) is 0 Å². The Hall–Kier alpha value is -0.720. The van der Waals surface area contributed by atoms with Gasteiger partial charge in [0.1, 0.15) is 0 Å². The Kier molecular flexibility index (Phi) is 18.6. The fourth-order valence-corrected chi connectivity index (χ4v) is 7.73. The first-order valence-corrected chi connectivity index (χ1v) is 18.9. The number of hydrogen-bond donors (Lipinski definition) is 0. The molecule has 0 aliphatic carbocycles. The highest BCUT2D eigenvalue weighted by atomic mass is 15.4. The highest BCUT2D eigenvalue weighted by Gasteiger charge is 2.34. The lowest BCUT2D eigenvalue weighted by Crippen LogP contribution is -2.56. The van der Waals surface area contributed by atoms with Crippen molar-refractivity contribution < 1.29 is 17.9 Å². The lowest BCUT2D eigenvalue weighted by atomic mass is 10.0. The number of nitrogens with zero attached hydrogens (tertiary/aromatic N) is 5. The summed E-state index contributed by atoms with van der Waals surface area (Å²) in [5.41, 5.74) is 0. The van der Waals surface area contributed by atoms with Gasteiger partial charge >= 0.3 is 0 Å². The molecule has 4 aliphatic rings. The molecule has 5 heteroatoms. The van der Waals surface area contributed by atoms with Gasteiger partial charge in [-0.05, 0) is 106 Å². The topological polar surface area (TPSA) is 3.24 Å². The number of rotatable bonds is 8. The molecule has 260 valence electrons. The quantitative estimate of drug-likeness (QED) is 0.199. The minimum absolute atomic E-state index is 0.732. The fraction of sp³-hybridized carbons (Fsp3) is 0.897. The van der Waals surface area contributed by atoms with Crippen molar-refractivity contribution in [2.75, 3.05) is 99.7 Å². The van der Waals surface area contributed by atoms with Gasteiger partial charge in [0.15, 0.2) is 0 Å². The molecule has 0 unspecified atom stereocenters. The first-order chi connectivity index (χ1) is 20.6. The van der Waals surface area contributed by atoms with Crippen LogP contribution in [0.25, 0.3) is 0 Å². The van der Waals surface area contributed by atoms with Gasteiger partial charge < -0.3 is 17.9 Å². The highest BCUT2D eigenvalue weighted by molar-refractivity contribution is 4.71. The van der Waals surface area contributed by atoms with Crippen LogP contribution < -0.4 is 0 Å². The van der Waals surface area contributed by atoms with Crippen LogP contribution in [0.5, 0.6) is 0 Å². The second-order valence-electron chi connectivity index (χ2n) is 16.8. The minimum Gasteiger partial charge on any atom is -0.326 e. The Balaban J connectivity index is 0.000000294. The van der Waals surface area contributed by atoms with E-state index < -0.39 is 0 Å². The van der Waals surface area contributed by atoms with Gasteiger partial charge in [-0.3, -0.25) is 4.90 Å². The maximum absolute atomic E-state index is 3.87. The second kappa shape index (κ2) is 19.8. The van der Waals surface area contributed by atoms with Gasteiger partial charge in [-0.15, -0.1) is 0 Å². The van der Waals surface area contributed by atoms with E-state index >= 15 is 0 Å². The molecule has 0 aromatic rings. The summed E-state index contributed by atoms with van der Waals surface area (Å²) < 4.78 is 5.07. The maximum atomic E-state index is 3.87. The van der Waals surface area contributed by atoms with Crippen LogP contribution in [0, 0.1) is 0 Å². The van der Waals surface area contributed by atoms with E-state index in [2.05, 4.69) is 107 Å². The number of likely N-dealkylation sites (N-methyl/N-ethyl adjacent to an activating group) is 1. The molecule has 4 fully saturated rings. The van der Waals surface area contributed by atoms with Crippen molar-refractivity contribution in [2.45, 2.75) is 131 Å². The molecule has 0 N–H and O–H groups in total. The third-order valence-electron chi connectivity index (χ3n) is 12.1. The van der Waals surface area contributed by atoms with Gasteiger partial charge in [0.25, 0.3) is 0 Å². The Bertz CT molecular complexity index is 755. The molecule has 4 heterocycles. The van der Waals surface area contributed by atoms with E-state index in [4.69, 9.17) is 0 Å². The Morgan fingerprint density at radius 3 is 1.11 bits per heavy atom. The molecule has 0 aromatic heterocycles. The van der Waals surface area contributed by atoms with Crippen molar-refractivity contribution >= 4 is 0 Å². The molecule has 4 saturated heterocycles. The van der Waals surface area contributed by atoms with E-state index in [1.54, 1.807) is 0 Å². The minimum atomic E-state index is 0.732. The highest BCUT2D eigenvalue weighted by Crippen LogP contribution is 2.24. The van der Waals surface area contributed by atoms with E-state index in [0.29, 0.717) is 0 Å². The summed E-state index contributed by atoms with van der Waals surface area (Å²) in [6.45, 7) is 42.0. The monoisotopic (exact) mass is 622 g/mol. The average Bonchev–Trinajstić information content (AvgIpc) is 3.45. The summed E-state index contributed by atoms with van der Waals surface area (Å²) in [6.07, 6.45) is 15.6. The van der Waals surface area contributed by atoms with Crippen LogP contribution >= 0.6 is 0 Å². The predicted molar refractivity (Wildman–Crippen MR) is 197 cm³/mol. The lowest BCUT2D eigenvalue weighted by molar-refractivity contribution is -0.946. The zero-order chi connectivity index (χ0) is 33.4. The molecule has 0 spiro atoms. The zero-order valence-corrected chi connectivity index (χ0v) is 32.3. The third-order valence-corrected chi connectivity index (χ3v) is 12.1. The molecule has 44 heavy (non-hydrogen) atoms. The molecule has 0 aromatic carbocycles. The van der Waals surface area contributed by atoms with E-state index in [1.165, 1.54) is 135 Å². The van der Waals surface area contributed by atoms with Crippen LogP contribution in [0.15, 0.2) is 25.3 Å². The predicted octanol–water partition coefficient (Wildman–Crippen LogP) is 7.59. The standard InChI is InChI=1S/C11H22N.C10H20N.C9H21N2.C9H20N/c1-4-8-12(11(2)3)9-6-5-7-10-12;1-4-7-11(10(2)3)8-5-6-9-11;1-9(2)10-5-7-11(3,4)8-6-10;1-9(2)10(3)7-5-4-6-8-10/h4,11H,1,5-10H2,2-3H3;4,10H,1,5-9H2,2-3H3;9H,5-8H2,1-4H3;9H,4-8H2,1-3H3/q4*+1. The summed E-state index contributed by atoms with van der Waals surface area (Å²) in [6, 6.07) is 3.09. The average molecular weight is 622 g/mol. The molecular formula is C39H83N5+4. The number of hydrogen-bond acceptors (Lipinski definition) is 1. The smallest absolute Gasteiger partial charge is 0.0973 e. The van der Waals surface area contributed by atoms with Crippen molar-refractivity contribution in [1.29, 1.82) is 0 Å². The maximum Gasteiger partial charge on any atom is 0.0973 e. The summed E-state index contributed by atoms with van der Waals surface area (Å²) in [7, 11) is 7.03. The Morgan fingerprint density at radius 1 is 0.500 bits per heavy atom. The van der Waals surface area contributed by atoms with Crippen molar-refractivity contribution in [2.24, 2.45) is 0 Å². The van der Waals surface area contributed by atoms with Crippen LogP contribution in [0.3, 0.4) is 0 Å². The summed E-state index contributed by atoms with van der Waals surface area (Å²) in [4.78, 5) is 2.56. The molecule has 0 bridgehead atoms. The van der Waals surface area contributed by atoms with Crippen molar-refractivity contribution in [3.05, 3.63) is 25.3 Å². The molecule has 0 radical (unpaired) electrons.